The van der Waals surface area contributed by atoms with Gasteiger partial charge in [-0.1, -0.05) is 109 Å². The summed E-state index contributed by atoms with van der Waals surface area (Å²) in [6.07, 6.45) is 5.56. The van der Waals surface area contributed by atoms with E-state index in [4.69, 9.17) is 36.2 Å². The summed E-state index contributed by atoms with van der Waals surface area (Å²) in [7, 11) is -17.2. The van der Waals surface area contributed by atoms with Gasteiger partial charge in [-0.25, -0.2) is 18.3 Å². The molecule has 76 heavy (non-hydrogen) atoms. The molecule has 4 aliphatic heterocycles. The van der Waals surface area contributed by atoms with Crippen molar-refractivity contribution in [3.8, 4) is 46.0 Å². The van der Waals surface area contributed by atoms with E-state index in [0.717, 1.165) is 70.2 Å². The Balaban J connectivity index is 1.53. The smallest absolute Gasteiger partial charge is 0.404 e. The Morgan fingerprint density at radius 1 is 0.276 bits per heavy atom. The fourth-order valence-electron chi connectivity index (χ4n) is 12.1. The lowest BCUT2D eigenvalue weighted by atomic mass is 9.76. The summed E-state index contributed by atoms with van der Waals surface area (Å²) >= 11 is 0. The molecule has 4 heterocycles. The van der Waals surface area contributed by atoms with Crippen molar-refractivity contribution in [3.63, 3.8) is 0 Å². The first-order chi connectivity index (χ1) is 36.5. The number of hydrogen-bond acceptors (Lipinski definition) is 12. The minimum Gasteiger partial charge on any atom is -0.404 e. The molecule has 0 atom stereocenters. The van der Waals surface area contributed by atoms with Crippen molar-refractivity contribution < 1.29 is 54.5 Å². The predicted octanol–water partition coefficient (Wildman–Crippen LogP) is 16.6. The van der Waals surface area contributed by atoms with Crippen molar-refractivity contribution in [1.82, 2.24) is 18.7 Å². The van der Waals surface area contributed by atoms with E-state index in [-0.39, 0.29) is 46.0 Å². The molecule has 0 radical (unpaired) electrons. The standard InChI is InChI=1S/C56H80N4O12P4/c1-13-25-37-41-29-43-38(26-14-2)45-31-47-40(28-16-4)48-32-46-39(27-15-3)44-30-42(37)50-34-52(44)68-75(63,59(21-9)22-10)70-54(46)36-56(48)72-76(64,60(23-11)24-12)71-55(47)35-53(45)69-74(62,58(19-7)20-8)67-51(43)33-49(41)65-73(61,66-50)57(17-5)18-6/h29-40H,13-28H2,1-12H3. The average molecular weight is 1130 g/mol. The molecular formula is C56H80N4O12P4. The molecule has 1 aliphatic carbocycles. The Labute approximate surface area is 451 Å². The fourth-order valence-corrected chi connectivity index (χ4v) is 19.2. The van der Waals surface area contributed by atoms with Crippen LogP contribution in [0.25, 0.3) is 0 Å². The zero-order chi connectivity index (χ0) is 54.5. The monoisotopic (exact) mass is 1120 g/mol. The van der Waals surface area contributed by atoms with Gasteiger partial charge in [0.2, 0.25) is 0 Å². The van der Waals surface area contributed by atoms with E-state index in [1.165, 1.54) is 0 Å². The van der Waals surface area contributed by atoms with Crippen LogP contribution in [0.5, 0.6) is 46.0 Å². The largest absolute Gasteiger partial charge is 0.515 e. The zero-order valence-electron chi connectivity index (χ0n) is 46.7. The van der Waals surface area contributed by atoms with Gasteiger partial charge in [0.25, 0.3) is 0 Å². The molecule has 416 valence electrons. The highest BCUT2D eigenvalue weighted by molar-refractivity contribution is 7.53. The molecule has 16 nitrogen and oxygen atoms in total. The minimum absolute atomic E-state index is 0.290. The summed E-state index contributed by atoms with van der Waals surface area (Å²) in [6, 6.07) is 15.5. The van der Waals surface area contributed by atoms with Crippen molar-refractivity contribution in [2.75, 3.05) is 52.4 Å². The quantitative estimate of drug-likeness (QED) is 0.0770. The summed E-state index contributed by atoms with van der Waals surface area (Å²) < 4.78 is 126. The van der Waals surface area contributed by atoms with E-state index in [2.05, 4.69) is 52.0 Å². The van der Waals surface area contributed by atoms with Crippen LogP contribution >= 0.6 is 31.0 Å². The molecule has 9 rings (SSSR count). The molecule has 8 bridgehead atoms. The minimum atomic E-state index is -4.30. The first kappa shape index (κ1) is 56.7. The molecular weight excluding hydrogens is 1040 g/mol. The Bertz CT molecular complexity index is 2480. The zero-order valence-corrected chi connectivity index (χ0v) is 50.3. The molecule has 4 aromatic carbocycles. The number of rotatable bonds is 20. The summed E-state index contributed by atoms with van der Waals surface area (Å²) in [5, 5.41) is 0. The van der Waals surface area contributed by atoms with Gasteiger partial charge in [0.15, 0.2) is 0 Å². The Morgan fingerprint density at radius 2 is 0.421 bits per heavy atom. The second-order valence-corrected chi connectivity index (χ2v) is 27.7. The van der Waals surface area contributed by atoms with Gasteiger partial charge in [-0.05, 0) is 49.9 Å². The highest BCUT2D eigenvalue weighted by atomic mass is 31.2. The highest BCUT2D eigenvalue weighted by Gasteiger charge is 2.49. The van der Waals surface area contributed by atoms with Crippen LogP contribution in [0, 0.1) is 0 Å². The summed E-state index contributed by atoms with van der Waals surface area (Å²) in [5.74, 6) is 0.732. The number of nitrogens with zero attached hydrogens (tertiary/aromatic N) is 4. The average Bonchev–Trinajstić information content (AvgIpc) is 3.39. The van der Waals surface area contributed by atoms with Crippen LogP contribution in [0.4, 0.5) is 0 Å². The molecule has 0 N–H and O–H groups in total. The maximum absolute atomic E-state index is 16.0. The topological polar surface area (TPSA) is 155 Å². The van der Waals surface area contributed by atoms with Gasteiger partial charge in [-0.3, -0.25) is 0 Å². The Morgan fingerprint density at radius 3 is 0.539 bits per heavy atom. The predicted molar refractivity (Wildman–Crippen MR) is 300 cm³/mol. The van der Waals surface area contributed by atoms with Gasteiger partial charge in [-0.15, -0.1) is 0 Å². The molecule has 0 amide bonds. The maximum Gasteiger partial charge on any atom is 0.515 e. The molecule has 0 saturated heterocycles. The van der Waals surface area contributed by atoms with Crippen LogP contribution < -0.4 is 36.2 Å². The van der Waals surface area contributed by atoms with Gasteiger partial charge in [-0.2, -0.15) is 18.7 Å². The van der Waals surface area contributed by atoms with E-state index < -0.39 is 54.7 Å². The molecule has 0 saturated carbocycles. The molecule has 0 unspecified atom stereocenters. The van der Waals surface area contributed by atoms with E-state index in [0.29, 0.717) is 78.0 Å². The SMILES string of the molecule is CCCC1c2cc3c4cc2OP(=O)(N(CC)CC)Oc2cc5c(cc21)C(CCC)c1cc2c(cc1OP(=O)(N(CC)CC)O5)OP(=O)(N(CC)CC)Oc1cc(c(cc1C2CCC)C3CCC)OP(=O)(N(CC)CC)O4. The van der Waals surface area contributed by atoms with Crippen molar-refractivity contribution in [2.45, 2.75) is 158 Å². The third kappa shape index (κ3) is 9.86. The van der Waals surface area contributed by atoms with Crippen molar-refractivity contribution in [1.29, 1.82) is 0 Å². The third-order valence-corrected chi connectivity index (χ3v) is 24.4. The lowest BCUT2D eigenvalue weighted by Gasteiger charge is -2.39. The second kappa shape index (κ2) is 22.7. The molecule has 0 fully saturated rings. The van der Waals surface area contributed by atoms with Crippen molar-refractivity contribution in [2.24, 2.45) is 0 Å². The maximum atomic E-state index is 16.0. The van der Waals surface area contributed by atoms with Crippen molar-refractivity contribution in [3.05, 3.63) is 93.0 Å². The van der Waals surface area contributed by atoms with Gasteiger partial charge in [0.1, 0.15) is 46.0 Å². The molecule has 5 aliphatic rings. The van der Waals surface area contributed by atoms with E-state index in [1.54, 1.807) is 42.9 Å². The van der Waals surface area contributed by atoms with Crippen LogP contribution in [0.2, 0.25) is 0 Å². The normalized spacial score (nSPS) is 26.6. The van der Waals surface area contributed by atoms with E-state index in [9.17, 15) is 0 Å². The van der Waals surface area contributed by atoms with E-state index in [1.807, 2.05) is 55.4 Å². The molecule has 0 aromatic heterocycles. The third-order valence-electron chi connectivity index (χ3n) is 15.9. The summed E-state index contributed by atoms with van der Waals surface area (Å²) in [4.78, 5) is 0. The van der Waals surface area contributed by atoms with Gasteiger partial charge >= 0.3 is 31.0 Å². The first-order valence-electron chi connectivity index (χ1n) is 28.2. The number of benzene rings is 4. The van der Waals surface area contributed by atoms with Crippen LogP contribution in [0.3, 0.4) is 0 Å². The van der Waals surface area contributed by atoms with Crippen molar-refractivity contribution >= 4 is 31.0 Å². The van der Waals surface area contributed by atoms with Crippen LogP contribution in [-0.2, 0) is 18.3 Å². The highest BCUT2D eigenvalue weighted by Crippen LogP contribution is 2.67. The van der Waals surface area contributed by atoms with Gasteiger partial charge < -0.3 is 36.2 Å². The molecule has 4 aromatic rings. The lowest BCUT2D eigenvalue weighted by molar-refractivity contribution is 0.281. The first-order valence-corrected chi connectivity index (χ1v) is 34.2. The van der Waals surface area contributed by atoms with Crippen LogP contribution in [0.1, 0.15) is 203 Å². The molecule has 20 heteroatoms. The van der Waals surface area contributed by atoms with Gasteiger partial charge in [0, 0.05) is 145 Å². The second-order valence-electron chi connectivity index (χ2n) is 20.2. The molecule has 0 spiro atoms. The Hall–Kier alpha value is -3.96. The van der Waals surface area contributed by atoms with E-state index >= 15 is 18.3 Å². The summed E-state index contributed by atoms with van der Waals surface area (Å²) in [6.45, 7) is 26.4. The number of hydrogen-bond donors (Lipinski definition) is 0. The lowest BCUT2D eigenvalue weighted by Crippen LogP contribution is -2.29. The summed E-state index contributed by atoms with van der Waals surface area (Å²) in [5.41, 5.74) is 6.18. The fraction of sp³-hybridized carbons (Fsp3) is 0.571. The van der Waals surface area contributed by atoms with Crippen LogP contribution in [-0.4, -0.2) is 71.0 Å². The van der Waals surface area contributed by atoms with Gasteiger partial charge in [0.05, 0.1) is 0 Å². The van der Waals surface area contributed by atoms with Crippen LogP contribution in [0.15, 0.2) is 48.5 Å². The Kier molecular flexibility index (Phi) is 16.9.